The molecule has 0 unspecified atom stereocenters. The molecular weight excluding hydrogens is 437 g/mol. The van der Waals surface area contributed by atoms with Gasteiger partial charge in [-0.2, -0.15) is 0 Å². The quantitative estimate of drug-likeness (QED) is 0.361. The third-order valence-electron chi connectivity index (χ3n) is 5.33. The smallest absolute Gasteiger partial charge is 0.269 e. The maximum atomic E-state index is 14.3. The number of amides is 1. The van der Waals surface area contributed by atoms with E-state index in [0.29, 0.717) is 39.8 Å². The van der Waals surface area contributed by atoms with Crippen LogP contribution in [0, 0.1) is 5.82 Å². The molecule has 3 aromatic heterocycles. The van der Waals surface area contributed by atoms with E-state index in [0.717, 1.165) is 5.52 Å². The zero-order valence-corrected chi connectivity index (χ0v) is 18.4. The Labute approximate surface area is 194 Å². The van der Waals surface area contributed by atoms with E-state index in [1.165, 1.54) is 24.8 Å². The number of carbonyl (C=O) groups is 1. The van der Waals surface area contributed by atoms with Gasteiger partial charge in [-0.05, 0) is 42.5 Å². The van der Waals surface area contributed by atoms with E-state index in [1.54, 1.807) is 37.4 Å². The first kappa shape index (κ1) is 21.2. The fourth-order valence-corrected chi connectivity index (χ4v) is 3.59. The number of halogens is 1. The summed E-state index contributed by atoms with van der Waals surface area (Å²) in [5.41, 5.74) is 3.63. The lowest BCUT2D eigenvalue weighted by Gasteiger charge is -2.09. The van der Waals surface area contributed by atoms with Crippen LogP contribution in [-0.2, 0) is 7.05 Å². The number of fused-ring (bicyclic) bond motifs is 1. The summed E-state index contributed by atoms with van der Waals surface area (Å²) in [5.74, 6) is 1.01. The minimum Gasteiger partial charge on any atom is -0.472 e. The number of hydrogen-bond acceptors (Lipinski definition) is 6. The van der Waals surface area contributed by atoms with Crippen molar-refractivity contribution in [1.82, 2.24) is 19.9 Å². The number of ether oxygens (including phenoxy) is 1. The monoisotopic (exact) mass is 457 g/mol. The van der Waals surface area contributed by atoms with Crippen LogP contribution in [0.4, 0.5) is 16.0 Å². The minimum atomic E-state index is -0.338. The number of aryl methyl sites for hydroxylation is 1. The van der Waals surface area contributed by atoms with E-state index in [9.17, 15) is 9.18 Å². The van der Waals surface area contributed by atoms with Crippen molar-refractivity contribution in [3.63, 3.8) is 0 Å². The fourth-order valence-electron chi connectivity index (χ4n) is 3.59. The predicted octanol–water partition coefficient (Wildman–Crippen LogP) is 5.26. The average molecular weight is 457 g/mol. The maximum Gasteiger partial charge on any atom is 0.269 e. The Balaban J connectivity index is 1.41. The Morgan fingerprint density at radius 3 is 2.74 bits per heavy atom. The number of imidazole rings is 1. The molecule has 2 N–H and O–H groups in total. The predicted molar refractivity (Wildman–Crippen MR) is 126 cm³/mol. The van der Waals surface area contributed by atoms with Crippen LogP contribution in [-0.4, -0.2) is 27.5 Å². The van der Waals surface area contributed by atoms with Gasteiger partial charge in [0.2, 0.25) is 5.95 Å². The molecule has 2 aromatic carbocycles. The number of nitrogens with zero attached hydrogens (tertiary/aromatic N) is 3. The molecule has 0 aliphatic carbocycles. The molecule has 3 heterocycles. The van der Waals surface area contributed by atoms with E-state index < -0.39 is 0 Å². The first-order chi connectivity index (χ1) is 16.5. The van der Waals surface area contributed by atoms with Gasteiger partial charge in [-0.3, -0.25) is 9.78 Å². The van der Waals surface area contributed by atoms with Crippen molar-refractivity contribution in [3.05, 3.63) is 84.8 Å². The number of furan rings is 1. The van der Waals surface area contributed by atoms with Gasteiger partial charge < -0.3 is 24.4 Å². The van der Waals surface area contributed by atoms with E-state index in [1.807, 2.05) is 29.8 Å². The summed E-state index contributed by atoms with van der Waals surface area (Å²) in [7, 11) is 3.43. The standard InChI is InChI=1S/C25H20FN5O3/c1-27-24(32)22-13-18(7-9-28-22)34-17-4-6-23-21(12-17)30-25(31(23)2)29-16-3-5-20(26)19(11-16)15-8-10-33-14-15/h3-14H,1-2H3,(H,27,32)(H,29,30). The van der Waals surface area contributed by atoms with Crippen LogP contribution in [0.2, 0.25) is 0 Å². The summed E-state index contributed by atoms with van der Waals surface area (Å²) in [6.07, 6.45) is 4.52. The molecule has 0 radical (unpaired) electrons. The topological polar surface area (TPSA) is 94.2 Å². The van der Waals surface area contributed by atoms with Gasteiger partial charge in [0.1, 0.15) is 23.0 Å². The van der Waals surface area contributed by atoms with Gasteiger partial charge in [-0.1, -0.05) is 0 Å². The van der Waals surface area contributed by atoms with Crippen LogP contribution in [0.5, 0.6) is 11.5 Å². The third-order valence-corrected chi connectivity index (χ3v) is 5.33. The Bertz CT molecular complexity index is 1490. The Morgan fingerprint density at radius 2 is 1.94 bits per heavy atom. The van der Waals surface area contributed by atoms with E-state index in [2.05, 4.69) is 20.6 Å². The van der Waals surface area contributed by atoms with E-state index in [4.69, 9.17) is 9.15 Å². The number of nitrogens with one attached hydrogen (secondary N) is 2. The second-order valence-electron chi connectivity index (χ2n) is 7.53. The molecule has 0 spiro atoms. The van der Waals surface area contributed by atoms with Crippen LogP contribution >= 0.6 is 0 Å². The van der Waals surface area contributed by atoms with Crippen molar-refractivity contribution in [2.75, 3.05) is 12.4 Å². The fraction of sp³-hybridized carbons (Fsp3) is 0.0800. The van der Waals surface area contributed by atoms with Crippen LogP contribution in [0.25, 0.3) is 22.2 Å². The molecule has 0 atom stereocenters. The number of anilines is 2. The van der Waals surface area contributed by atoms with E-state index in [-0.39, 0.29) is 17.4 Å². The first-order valence-corrected chi connectivity index (χ1v) is 10.4. The second-order valence-corrected chi connectivity index (χ2v) is 7.53. The first-order valence-electron chi connectivity index (χ1n) is 10.4. The maximum absolute atomic E-state index is 14.3. The normalized spacial score (nSPS) is 10.9. The summed E-state index contributed by atoms with van der Waals surface area (Å²) in [6.45, 7) is 0. The van der Waals surface area contributed by atoms with Crippen molar-refractivity contribution in [2.24, 2.45) is 7.05 Å². The highest BCUT2D eigenvalue weighted by Crippen LogP contribution is 2.30. The molecule has 1 amide bonds. The van der Waals surface area contributed by atoms with Gasteiger partial charge in [0, 0.05) is 49.2 Å². The van der Waals surface area contributed by atoms with Crippen LogP contribution in [0.15, 0.2) is 77.7 Å². The summed E-state index contributed by atoms with van der Waals surface area (Å²) in [4.78, 5) is 20.5. The third kappa shape index (κ3) is 4.06. The summed E-state index contributed by atoms with van der Waals surface area (Å²) >= 11 is 0. The number of carbonyl (C=O) groups excluding carboxylic acids is 1. The highest BCUT2D eigenvalue weighted by atomic mass is 19.1. The van der Waals surface area contributed by atoms with Crippen molar-refractivity contribution >= 4 is 28.6 Å². The SMILES string of the molecule is CNC(=O)c1cc(Oc2ccc3c(c2)nc(Nc2ccc(F)c(-c4ccoc4)c2)n3C)ccn1. The van der Waals surface area contributed by atoms with E-state index >= 15 is 0 Å². The highest BCUT2D eigenvalue weighted by molar-refractivity contribution is 5.92. The van der Waals surface area contributed by atoms with Crippen LogP contribution in [0.1, 0.15) is 10.5 Å². The number of aromatic nitrogens is 3. The van der Waals surface area contributed by atoms with Crippen molar-refractivity contribution < 1.29 is 18.3 Å². The molecule has 0 bridgehead atoms. The van der Waals surface area contributed by atoms with Gasteiger partial charge >= 0.3 is 0 Å². The highest BCUT2D eigenvalue weighted by Gasteiger charge is 2.13. The number of pyridine rings is 1. The Hall–Kier alpha value is -4.66. The van der Waals surface area contributed by atoms with Gasteiger partial charge in [0.25, 0.3) is 5.91 Å². The van der Waals surface area contributed by atoms with Gasteiger partial charge in [0.05, 0.1) is 23.6 Å². The van der Waals surface area contributed by atoms with Crippen LogP contribution < -0.4 is 15.4 Å². The Kier molecular flexibility index (Phi) is 5.43. The molecule has 0 saturated carbocycles. The molecule has 0 aliphatic heterocycles. The summed E-state index contributed by atoms with van der Waals surface area (Å²) in [6, 6.07) is 15.2. The van der Waals surface area contributed by atoms with Gasteiger partial charge in [-0.15, -0.1) is 0 Å². The molecule has 0 fully saturated rings. The molecule has 9 heteroatoms. The molecule has 34 heavy (non-hydrogen) atoms. The molecular formula is C25H20FN5O3. The molecule has 170 valence electrons. The molecule has 5 aromatic rings. The zero-order chi connectivity index (χ0) is 23.7. The second kappa shape index (κ2) is 8.70. The Morgan fingerprint density at radius 1 is 1.09 bits per heavy atom. The lowest BCUT2D eigenvalue weighted by atomic mass is 10.1. The van der Waals surface area contributed by atoms with Crippen molar-refractivity contribution in [1.29, 1.82) is 0 Å². The molecule has 0 saturated heterocycles. The lowest BCUT2D eigenvalue weighted by molar-refractivity contribution is 0.0958. The number of hydrogen-bond donors (Lipinski definition) is 2. The zero-order valence-electron chi connectivity index (χ0n) is 18.4. The van der Waals surface area contributed by atoms with Crippen LogP contribution in [0.3, 0.4) is 0 Å². The molecule has 0 aliphatic rings. The number of rotatable bonds is 6. The van der Waals surface area contributed by atoms with Gasteiger partial charge in [0.15, 0.2) is 0 Å². The largest absolute Gasteiger partial charge is 0.472 e. The lowest BCUT2D eigenvalue weighted by Crippen LogP contribution is -2.18. The average Bonchev–Trinajstić information content (AvgIpc) is 3.48. The van der Waals surface area contributed by atoms with Crippen molar-refractivity contribution in [2.45, 2.75) is 0 Å². The molecule has 5 rings (SSSR count). The molecule has 8 nitrogen and oxygen atoms in total. The van der Waals surface area contributed by atoms with Gasteiger partial charge in [-0.25, -0.2) is 9.37 Å². The summed E-state index contributed by atoms with van der Waals surface area (Å²) < 4.78 is 27.2. The summed E-state index contributed by atoms with van der Waals surface area (Å²) in [5, 5.41) is 5.79. The van der Waals surface area contributed by atoms with Crippen molar-refractivity contribution in [3.8, 4) is 22.6 Å². The number of benzene rings is 2. The minimum absolute atomic E-state index is 0.263.